The van der Waals surface area contributed by atoms with Crippen LogP contribution in [0.4, 0.5) is 0 Å². The predicted octanol–water partition coefficient (Wildman–Crippen LogP) is 2.84. The first-order valence-electron chi connectivity index (χ1n) is 5.14. The first kappa shape index (κ1) is 14.3. The minimum absolute atomic E-state index is 0.132. The molecule has 3 nitrogen and oxygen atoms in total. The Balaban J connectivity index is 3.09. The summed E-state index contributed by atoms with van der Waals surface area (Å²) >= 11 is 11.8. The van der Waals surface area contributed by atoms with Gasteiger partial charge in [-0.3, -0.25) is 4.79 Å². The molecule has 0 bridgehead atoms. The van der Waals surface area contributed by atoms with Crippen LogP contribution in [0.15, 0.2) is 18.2 Å². The van der Waals surface area contributed by atoms with Crippen LogP contribution in [0.3, 0.4) is 0 Å². The molecule has 17 heavy (non-hydrogen) atoms. The first-order valence-corrected chi connectivity index (χ1v) is 5.90. The molecule has 1 N–H and O–H groups in total. The maximum atomic E-state index is 12.2. The van der Waals surface area contributed by atoms with E-state index < -0.39 is 5.54 Å². The van der Waals surface area contributed by atoms with Gasteiger partial charge in [-0.15, -0.1) is 0 Å². The first-order chi connectivity index (χ1) is 7.81. The molecule has 1 aromatic carbocycles. The Morgan fingerprint density at radius 2 is 2.00 bits per heavy atom. The molecular formula is C12H15Cl2NO2. The van der Waals surface area contributed by atoms with Gasteiger partial charge in [0.15, 0.2) is 0 Å². The maximum absolute atomic E-state index is 12.2. The number of aliphatic hydroxyl groups excluding tert-OH is 1. The fraction of sp³-hybridized carbons (Fsp3) is 0.417. The topological polar surface area (TPSA) is 40.5 Å². The summed E-state index contributed by atoms with van der Waals surface area (Å²) in [5, 5.41) is 9.81. The molecule has 0 aliphatic heterocycles. The Morgan fingerprint density at radius 1 is 1.41 bits per heavy atom. The summed E-state index contributed by atoms with van der Waals surface area (Å²) in [6.45, 7) is 3.40. The van der Waals surface area contributed by atoms with E-state index in [1.807, 2.05) is 0 Å². The highest BCUT2D eigenvalue weighted by molar-refractivity contribution is 6.43. The number of hydrogen-bond acceptors (Lipinski definition) is 2. The van der Waals surface area contributed by atoms with Gasteiger partial charge in [-0.1, -0.05) is 29.3 Å². The van der Waals surface area contributed by atoms with E-state index in [9.17, 15) is 9.90 Å². The van der Waals surface area contributed by atoms with Gasteiger partial charge in [0.25, 0.3) is 5.91 Å². The molecule has 1 aromatic rings. The van der Waals surface area contributed by atoms with E-state index in [1.54, 1.807) is 39.1 Å². The normalized spacial score (nSPS) is 11.4. The van der Waals surface area contributed by atoms with Crippen LogP contribution >= 0.6 is 23.2 Å². The zero-order valence-electron chi connectivity index (χ0n) is 10.00. The molecular weight excluding hydrogens is 261 g/mol. The van der Waals surface area contributed by atoms with Crippen molar-refractivity contribution in [2.45, 2.75) is 19.4 Å². The van der Waals surface area contributed by atoms with E-state index in [4.69, 9.17) is 23.2 Å². The fourth-order valence-corrected chi connectivity index (χ4v) is 1.61. The summed E-state index contributed by atoms with van der Waals surface area (Å²) in [5.74, 6) is -0.267. The molecule has 0 aliphatic rings. The van der Waals surface area contributed by atoms with Crippen molar-refractivity contribution in [3.63, 3.8) is 0 Å². The molecule has 0 aromatic heterocycles. The van der Waals surface area contributed by atoms with Crippen LogP contribution in [0.25, 0.3) is 0 Å². The minimum atomic E-state index is -0.650. The minimum Gasteiger partial charge on any atom is -0.394 e. The lowest BCUT2D eigenvalue weighted by Crippen LogP contribution is -2.47. The third-order valence-corrected chi connectivity index (χ3v) is 3.60. The van der Waals surface area contributed by atoms with Gasteiger partial charge in [0, 0.05) is 7.05 Å². The number of benzene rings is 1. The fourth-order valence-electron chi connectivity index (χ4n) is 1.23. The summed E-state index contributed by atoms with van der Waals surface area (Å²) in [7, 11) is 1.62. The summed E-state index contributed by atoms with van der Waals surface area (Å²) in [5.41, 5.74) is -0.314. The molecule has 0 aliphatic carbocycles. The number of likely N-dealkylation sites (N-methyl/N-ethyl adjacent to an activating group) is 1. The Morgan fingerprint density at radius 3 is 2.53 bits per heavy atom. The van der Waals surface area contributed by atoms with Gasteiger partial charge in [0.05, 0.1) is 27.8 Å². The lowest BCUT2D eigenvalue weighted by atomic mass is 10.0. The number of carbonyl (C=O) groups excluding carboxylic acids is 1. The number of hydrogen-bond donors (Lipinski definition) is 1. The largest absolute Gasteiger partial charge is 0.394 e. The van der Waals surface area contributed by atoms with Crippen LogP contribution in [0.2, 0.25) is 10.0 Å². The molecule has 0 spiro atoms. The third-order valence-electron chi connectivity index (χ3n) is 2.78. The number of halogens is 2. The Bertz CT molecular complexity index is 433. The van der Waals surface area contributed by atoms with Crippen LogP contribution in [0, 0.1) is 0 Å². The molecule has 1 rings (SSSR count). The summed E-state index contributed by atoms with van der Waals surface area (Å²) in [4.78, 5) is 13.6. The van der Waals surface area contributed by atoms with E-state index in [0.29, 0.717) is 10.6 Å². The zero-order valence-corrected chi connectivity index (χ0v) is 11.5. The highest BCUT2D eigenvalue weighted by atomic mass is 35.5. The van der Waals surface area contributed by atoms with E-state index in [-0.39, 0.29) is 17.5 Å². The molecule has 0 unspecified atom stereocenters. The number of rotatable bonds is 3. The van der Waals surface area contributed by atoms with Crippen LogP contribution in [-0.2, 0) is 0 Å². The maximum Gasteiger partial charge on any atom is 0.255 e. The van der Waals surface area contributed by atoms with Crippen molar-refractivity contribution in [1.82, 2.24) is 4.90 Å². The molecule has 1 amide bonds. The molecule has 0 atom stereocenters. The summed E-state index contributed by atoms with van der Waals surface area (Å²) < 4.78 is 0. The van der Waals surface area contributed by atoms with Gasteiger partial charge in [-0.25, -0.2) is 0 Å². The lowest BCUT2D eigenvalue weighted by Gasteiger charge is -2.34. The number of nitrogens with zero attached hydrogens (tertiary/aromatic N) is 1. The predicted molar refractivity (Wildman–Crippen MR) is 69.7 cm³/mol. The Kier molecular flexibility index (Phi) is 4.42. The van der Waals surface area contributed by atoms with Gasteiger partial charge in [-0.05, 0) is 26.0 Å². The number of amides is 1. The summed E-state index contributed by atoms with van der Waals surface area (Å²) in [6, 6.07) is 4.90. The van der Waals surface area contributed by atoms with Crippen LogP contribution in [0.5, 0.6) is 0 Å². The average Bonchev–Trinajstić information content (AvgIpc) is 2.30. The Hall–Kier alpha value is -0.770. The van der Waals surface area contributed by atoms with Gasteiger partial charge >= 0.3 is 0 Å². The van der Waals surface area contributed by atoms with Crippen molar-refractivity contribution in [2.24, 2.45) is 0 Å². The SMILES string of the molecule is CN(C(=O)c1cccc(Cl)c1Cl)C(C)(C)CO. The van der Waals surface area contributed by atoms with E-state index in [1.165, 1.54) is 4.90 Å². The smallest absolute Gasteiger partial charge is 0.255 e. The molecule has 0 saturated heterocycles. The molecule has 0 fully saturated rings. The van der Waals surface area contributed by atoms with Crippen molar-refractivity contribution in [2.75, 3.05) is 13.7 Å². The van der Waals surface area contributed by atoms with E-state index >= 15 is 0 Å². The number of aliphatic hydroxyl groups is 1. The van der Waals surface area contributed by atoms with E-state index in [2.05, 4.69) is 0 Å². The monoisotopic (exact) mass is 275 g/mol. The van der Waals surface area contributed by atoms with Crippen molar-refractivity contribution in [1.29, 1.82) is 0 Å². The van der Waals surface area contributed by atoms with Gasteiger partial charge in [-0.2, -0.15) is 0 Å². The zero-order chi connectivity index (χ0) is 13.2. The summed E-state index contributed by atoms with van der Waals surface area (Å²) in [6.07, 6.45) is 0. The van der Waals surface area contributed by atoms with Crippen molar-refractivity contribution in [3.8, 4) is 0 Å². The lowest BCUT2D eigenvalue weighted by molar-refractivity contribution is 0.0473. The second kappa shape index (κ2) is 5.25. The van der Waals surface area contributed by atoms with Gasteiger partial charge in [0.1, 0.15) is 0 Å². The van der Waals surface area contributed by atoms with Crippen LogP contribution < -0.4 is 0 Å². The second-order valence-corrected chi connectivity index (χ2v) is 5.22. The molecule has 0 radical (unpaired) electrons. The van der Waals surface area contributed by atoms with Crippen molar-refractivity contribution < 1.29 is 9.90 Å². The quantitative estimate of drug-likeness (QED) is 0.922. The highest BCUT2D eigenvalue weighted by Gasteiger charge is 2.28. The van der Waals surface area contributed by atoms with Crippen molar-refractivity contribution >= 4 is 29.1 Å². The second-order valence-electron chi connectivity index (χ2n) is 4.44. The van der Waals surface area contributed by atoms with Crippen LogP contribution in [-0.4, -0.2) is 35.1 Å². The molecule has 5 heteroatoms. The molecule has 0 heterocycles. The average molecular weight is 276 g/mol. The van der Waals surface area contributed by atoms with E-state index in [0.717, 1.165) is 0 Å². The van der Waals surface area contributed by atoms with Gasteiger partial charge in [0.2, 0.25) is 0 Å². The van der Waals surface area contributed by atoms with Gasteiger partial charge < -0.3 is 10.0 Å². The molecule has 0 saturated carbocycles. The molecule has 94 valence electrons. The standard InChI is InChI=1S/C12H15Cl2NO2/c1-12(2,7-16)15(3)11(17)8-5-4-6-9(13)10(8)14/h4-6,16H,7H2,1-3H3. The third kappa shape index (κ3) is 2.92. The Labute approximate surface area is 111 Å². The number of carbonyl (C=O) groups is 1. The highest BCUT2D eigenvalue weighted by Crippen LogP contribution is 2.27. The van der Waals surface area contributed by atoms with Crippen molar-refractivity contribution in [3.05, 3.63) is 33.8 Å². The van der Waals surface area contributed by atoms with Crippen LogP contribution in [0.1, 0.15) is 24.2 Å².